The molecule has 5 heteroatoms. The lowest BCUT2D eigenvalue weighted by Gasteiger charge is -2.16. The van der Waals surface area contributed by atoms with Crippen LogP contribution in [0.2, 0.25) is 0 Å². The molecule has 1 amide bonds. The van der Waals surface area contributed by atoms with Crippen molar-refractivity contribution < 1.29 is 4.79 Å². The molecule has 0 aliphatic carbocycles. The molecule has 2 aromatic rings. The Balaban J connectivity index is 1.56. The van der Waals surface area contributed by atoms with Gasteiger partial charge in [-0.2, -0.15) is 5.10 Å². The van der Waals surface area contributed by atoms with Crippen LogP contribution < -0.4 is 5.32 Å². The number of aryl methyl sites for hydroxylation is 1. The summed E-state index contributed by atoms with van der Waals surface area (Å²) in [7, 11) is 1.87. The van der Waals surface area contributed by atoms with Crippen molar-refractivity contribution in [1.82, 2.24) is 14.7 Å². The van der Waals surface area contributed by atoms with Crippen molar-refractivity contribution in [1.29, 1.82) is 0 Å². The average molecular weight is 340 g/mol. The number of likely N-dealkylation sites (tertiary alicyclic amines) is 1. The summed E-state index contributed by atoms with van der Waals surface area (Å²) in [5.74, 6) is 1.31. The summed E-state index contributed by atoms with van der Waals surface area (Å²) in [6.07, 6.45) is 1.11. The lowest BCUT2D eigenvalue weighted by Crippen LogP contribution is -2.31. The number of rotatable bonds is 4. The number of carbonyl (C=O) groups excluding carboxylic acids is 1. The topological polar surface area (TPSA) is 50.2 Å². The van der Waals surface area contributed by atoms with Crippen molar-refractivity contribution in [2.75, 3.05) is 25.0 Å². The molecule has 3 rings (SSSR count). The Labute approximate surface area is 150 Å². The number of nitrogens with one attached hydrogen (secondary N) is 1. The van der Waals surface area contributed by atoms with Crippen LogP contribution >= 0.6 is 0 Å². The molecule has 134 valence electrons. The van der Waals surface area contributed by atoms with Crippen molar-refractivity contribution in [2.24, 2.45) is 7.05 Å². The highest BCUT2D eigenvalue weighted by Gasteiger charge is 2.25. The number of hydrogen-bond acceptors (Lipinski definition) is 3. The summed E-state index contributed by atoms with van der Waals surface area (Å²) in [5, 5.41) is 7.51. The maximum absolute atomic E-state index is 12.4. The second-order valence-corrected chi connectivity index (χ2v) is 7.97. The maximum atomic E-state index is 12.4. The molecule has 1 aliphatic rings. The standard InChI is InChI=1S/C20H28N4O/c1-20(2,3)17-12-18(23(4)22-17)21-19(25)14-24-11-10-16(13-24)15-8-6-5-7-9-15/h5-9,12,16H,10-11,13-14H2,1-4H3,(H,21,25)/t16-/m1/s1. The third-order valence-corrected chi connectivity index (χ3v) is 4.83. The van der Waals surface area contributed by atoms with Gasteiger partial charge < -0.3 is 5.32 Å². The van der Waals surface area contributed by atoms with Crippen LogP contribution in [-0.2, 0) is 17.3 Å². The minimum Gasteiger partial charge on any atom is -0.310 e. The van der Waals surface area contributed by atoms with Gasteiger partial charge in [0.25, 0.3) is 0 Å². The van der Waals surface area contributed by atoms with Crippen LogP contribution in [0.3, 0.4) is 0 Å². The smallest absolute Gasteiger partial charge is 0.239 e. The third-order valence-electron chi connectivity index (χ3n) is 4.83. The van der Waals surface area contributed by atoms with Crippen LogP contribution in [0, 0.1) is 0 Å². The fourth-order valence-electron chi connectivity index (χ4n) is 3.31. The zero-order chi connectivity index (χ0) is 18.0. The molecule has 1 saturated heterocycles. The molecular weight excluding hydrogens is 312 g/mol. The van der Waals surface area contributed by atoms with Gasteiger partial charge >= 0.3 is 0 Å². The van der Waals surface area contributed by atoms with Crippen LogP contribution in [0.15, 0.2) is 36.4 Å². The number of benzene rings is 1. The highest BCUT2D eigenvalue weighted by Crippen LogP contribution is 2.27. The van der Waals surface area contributed by atoms with Gasteiger partial charge in [0.15, 0.2) is 0 Å². The van der Waals surface area contributed by atoms with Crippen LogP contribution in [0.5, 0.6) is 0 Å². The number of carbonyl (C=O) groups is 1. The largest absolute Gasteiger partial charge is 0.310 e. The summed E-state index contributed by atoms with van der Waals surface area (Å²) in [6.45, 7) is 8.69. The number of aromatic nitrogens is 2. The van der Waals surface area contributed by atoms with E-state index in [4.69, 9.17) is 0 Å². The molecule has 25 heavy (non-hydrogen) atoms. The summed E-state index contributed by atoms with van der Waals surface area (Å²) in [5.41, 5.74) is 2.32. The Hall–Kier alpha value is -2.14. The average Bonchev–Trinajstić information content (AvgIpc) is 3.15. The van der Waals surface area contributed by atoms with E-state index in [1.165, 1.54) is 5.56 Å². The summed E-state index contributed by atoms with van der Waals surface area (Å²) < 4.78 is 1.75. The van der Waals surface area contributed by atoms with Crippen molar-refractivity contribution >= 4 is 11.7 Å². The molecule has 1 aliphatic heterocycles. The molecule has 5 nitrogen and oxygen atoms in total. The van der Waals surface area contributed by atoms with Gasteiger partial charge in [-0.05, 0) is 24.4 Å². The van der Waals surface area contributed by atoms with Gasteiger partial charge in [0.2, 0.25) is 5.91 Å². The molecule has 0 saturated carbocycles. The molecule has 0 unspecified atom stereocenters. The normalized spacial score (nSPS) is 18.5. The van der Waals surface area contributed by atoms with E-state index in [1.807, 2.05) is 19.2 Å². The molecule has 2 heterocycles. The zero-order valence-electron chi connectivity index (χ0n) is 15.6. The molecule has 1 N–H and O–H groups in total. The van der Waals surface area contributed by atoms with Crippen molar-refractivity contribution in [2.45, 2.75) is 38.5 Å². The van der Waals surface area contributed by atoms with E-state index in [9.17, 15) is 4.79 Å². The van der Waals surface area contributed by atoms with Gasteiger partial charge in [0.05, 0.1) is 12.2 Å². The maximum Gasteiger partial charge on any atom is 0.239 e. The van der Waals surface area contributed by atoms with Gasteiger partial charge in [-0.25, -0.2) is 0 Å². The predicted octanol–water partition coefficient (Wildman–Crippen LogP) is 3.15. The Morgan fingerprint density at radius 2 is 2.00 bits per heavy atom. The second-order valence-electron chi connectivity index (χ2n) is 7.97. The van der Waals surface area contributed by atoms with E-state index in [0.29, 0.717) is 12.5 Å². The monoisotopic (exact) mass is 340 g/mol. The zero-order valence-corrected chi connectivity index (χ0v) is 15.6. The lowest BCUT2D eigenvalue weighted by atomic mass is 9.92. The lowest BCUT2D eigenvalue weighted by molar-refractivity contribution is -0.117. The number of anilines is 1. The molecule has 0 spiro atoms. The van der Waals surface area contributed by atoms with E-state index in [-0.39, 0.29) is 11.3 Å². The van der Waals surface area contributed by atoms with Gasteiger partial charge in [0, 0.05) is 25.1 Å². The first kappa shape index (κ1) is 17.7. The molecule has 1 fully saturated rings. The van der Waals surface area contributed by atoms with Crippen LogP contribution in [-0.4, -0.2) is 40.2 Å². The molecule has 1 aromatic heterocycles. The highest BCUT2D eigenvalue weighted by molar-refractivity contribution is 5.91. The number of amides is 1. The van der Waals surface area contributed by atoms with Crippen LogP contribution in [0.1, 0.15) is 44.4 Å². The summed E-state index contributed by atoms with van der Waals surface area (Å²) in [4.78, 5) is 14.7. The van der Waals surface area contributed by atoms with Gasteiger partial charge in [-0.3, -0.25) is 14.4 Å². The van der Waals surface area contributed by atoms with E-state index >= 15 is 0 Å². The SMILES string of the molecule is Cn1nc(C(C)(C)C)cc1NC(=O)CN1CC[C@@H](c2ccccc2)C1. The Kier molecular flexibility index (Phi) is 4.95. The quantitative estimate of drug-likeness (QED) is 0.930. The Bertz CT molecular complexity index is 730. The molecule has 1 atom stereocenters. The first-order valence-corrected chi connectivity index (χ1v) is 8.94. The van der Waals surface area contributed by atoms with Crippen LogP contribution in [0.4, 0.5) is 5.82 Å². The van der Waals surface area contributed by atoms with Gasteiger partial charge in [-0.1, -0.05) is 51.1 Å². The molecular formula is C20H28N4O. The minimum absolute atomic E-state index is 0.0252. The van der Waals surface area contributed by atoms with Crippen molar-refractivity contribution in [3.05, 3.63) is 47.7 Å². The molecule has 0 bridgehead atoms. The van der Waals surface area contributed by atoms with Gasteiger partial charge in [-0.15, -0.1) is 0 Å². The van der Waals surface area contributed by atoms with E-state index in [1.54, 1.807) is 4.68 Å². The van der Waals surface area contributed by atoms with E-state index < -0.39 is 0 Å². The molecule has 1 aromatic carbocycles. The van der Waals surface area contributed by atoms with Crippen molar-refractivity contribution in [3.8, 4) is 0 Å². The fourth-order valence-corrected chi connectivity index (χ4v) is 3.31. The third kappa shape index (κ3) is 4.28. The Morgan fingerprint density at radius 1 is 1.28 bits per heavy atom. The minimum atomic E-state index is -0.0292. The van der Waals surface area contributed by atoms with E-state index in [2.05, 4.69) is 60.4 Å². The first-order chi connectivity index (χ1) is 11.8. The number of hydrogen-bond donors (Lipinski definition) is 1. The van der Waals surface area contributed by atoms with Gasteiger partial charge in [0.1, 0.15) is 5.82 Å². The number of nitrogens with zero attached hydrogens (tertiary/aromatic N) is 3. The summed E-state index contributed by atoms with van der Waals surface area (Å²) >= 11 is 0. The first-order valence-electron chi connectivity index (χ1n) is 8.94. The second kappa shape index (κ2) is 7.00. The van der Waals surface area contributed by atoms with E-state index in [0.717, 1.165) is 31.0 Å². The van der Waals surface area contributed by atoms with Crippen LogP contribution in [0.25, 0.3) is 0 Å². The van der Waals surface area contributed by atoms with Crippen molar-refractivity contribution in [3.63, 3.8) is 0 Å². The highest BCUT2D eigenvalue weighted by atomic mass is 16.2. The molecule has 0 radical (unpaired) electrons. The summed E-state index contributed by atoms with van der Waals surface area (Å²) in [6, 6.07) is 12.5. The predicted molar refractivity (Wildman–Crippen MR) is 101 cm³/mol. The Morgan fingerprint density at radius 3 is 2.64 bits per heavy atom. The fraction of sp³-hybridized carbons (Fsp3) is 0.500.